The average Bonchev–Trinajstić information content (AvgIpc) is 4.12. The van der Waals surface area contributed by atoms with Gasteiger partial charge in [0.05, 0.1) is 58.5 Å². The zero-order chi connectivity index (χ0) is 40.2. The third-order valence-electron chi connectivity index (χ3n) is 9.64. The first-order chi connectivity index (χ1) is 28.4. The summed E-state index contributed by atoms with van der Waals surface area (Å²) in [5.74, 6) is 7.49. The summed E-state index contributed by atoms with van der Waals surface area (Å²) >= 11 is 0. The largest absolute Gasteiger partial charge is 0.497 e. The highest BCUT2D eigenvalue weighted by atomic mass is 16.5. The molecular formula is C48H28N8O2. The van der Waals surface area contributed by atoms with Gasteiger partial charge in [-0.1, -0.05) is 42.2 Å². The van der Waals surface area contributed by atoms with Crippen LogP contribution >= 0.6 is 0 Å². The van der Waals surface area contributed by atoms with Gasteiger partial charge in [0.25, 0.3) is 0 Å². The molecule has 6 aromatic rings. The lowest BCUT2D eigenvalue weighted by Crippen LogP contribution is -2.10. The van der Waals surface area contributed by atoms with Gasteiger partial charge in [-0.15, -0.1) is 0 Å². The van der Waals surface area contributed by atoms with E-state index in [2.05, 4.69) is 46.1 Å². The molecular weight excluding hydrogens is 721 g/mol. The second-order valence-electron chi connectivity index (χ2n) is 13.0. The van der Waals surface area contributed by atoms with Crippen LogP contribution in [0, 0.1) is 57.2 Å². The normalized spacial score (nSPS) is 10.9. The maximum Gasteiger partial charge on any atom is 0.141 e. The molecule has 10 heteroatoms. The minimum absolute atomic E-state index is 0.127. The summed E-state index contributed by atoms with van der Waals surface area (Å²) in [4.78, 5) is 17.0. The van der Waals surface area contributed by atoms with Crippen LogP contribution in [0.15, 0.2) is 97.1 Å². The van der Waals surface area contributed by atoms with E-state index in [-0.39, 0.29) is 11.1 Å². The highest BCUT2D eigenvalue weighted by Gasteiger charge is 2.18. The first-order valence-electron chi connectivity index (χ1n) is 17.9. The van der Waals surface area contributed by atoms with Gasteiger partial charge in [-0.25, -0.2) is 9.97 Å². The maximum atomic E-state index is 10.2. The fourth-order valence-corrected chi connectivity index (χ4v) is 6.95. The van der Waals surface area contributed by atoms with Crippen molar-refractivity contribution < 1.29 is 9.47 Å². The molecule has 0 amide bonds. The van der Waals surface area contributed by atoms with E-state index < -0.39 is 0 Å². The number of benzene rings is 3. The van der Waals surface area contributed by atoms with Gasteiger partial charge in [-0.05, 0) is 96.1 Å². The molecule has 8 rings (SSSR count). The van der Waals surface area contributed by atoms with E-state index in [4.69, 9.17) is 19.4 Å². The Labute approximate surface area is 332 Å². The molecule has 3 aromatic heterocycles. The van der Waals surface area contributed by atoms with Gasteiger partial charge in [0.2, 0.25) is 0 Å². The molecule has 2 aliphatic heterocycles. The van der Waals surface area contributed by atoms with E-state index in [1.54, 1.807) is 44.6 Å². The molecule has 0 saturated heterocycles. The van der Waals surface area contributed by atoms with Crippen molar-refractivity contribution in [2.75, 3.05) is 14.2 Å². The minimum atomic E-state index is -0.127. The van der Waals surface area contributed by atoms with Crippen molar-refractivity contribution in [3.63, 3.8) is 0 Å². The number of nitriles is 4. The lowest BCUT2D eigenvalue weighted by atomic mass is 10.0. The van der Waals surface area contributed by atoms with Crippen molar-refractivity contribution in [2.24, 2.45) is 0 Å². The number of nitrogens with zero attached hydrogens (tertiary/aromatic N) is 6. The lowest BCUT2D eigenvalue weighted by molar-refractivity contribution is 0.394. The Bertz CT molecular complexity index is 3200. The van der Waals surface area contributed by atoms with E-state index >= 15 is 0 Å². The fraction of sp³-hybridized carbons (Fsp3) is 0.0417. The van der Waals surface area contributed by atoms with E-state index in [0.29, 0.717) is 83.5 Å². The Morgan fingerprint density at radius 1 is 0.483 bits per heavy atom. The zero-order valence-corrected chi connectivity index (χ0v) is 31.0. The molecule has 10 nitrogen and oxygen atoms in total. The predicted molar refractivity (Wildman–Crippen MR) is 224 cm³/mol. The molecule has 3 aromatic carbocycles. The second kappa shape index (κ2) is 15.5. The number of aromatic nitrogens is 4. The summed E-state index contributed by atoms with van der Waals surface area (Å²) in [6, 6.07) is 38.5. The quantitative estimate of drug-likeness (QED) is 0.172. The van der Waals surface area contributed by atoms with Crippen molar-refractivity contribution >= 4 is 57.5 Å². The number of H-pyrrole nitrogens is 2. The van der Waals surface area contributed by atoms with Crippen LogP contribution in [0.4, 0.5) is 0 Å². The molecule has 8 bridgehead atoms. The van der Waals surface area contributed by atoms with Crippen LogP contribution in [0.5, 0.6) is 11.5 Å². The molecule has 0 saturated carbocycles. The number of nitrogens with one attached hydrogen (secondary N) is 2. The van der Waals surface area contributed by atoms with Gasteiger partial charge in [-0.2, -0.15) is 21.0 Å². The number of hydrogen-bond acceptors (Lipinski definition) is 8. The fourth-order valence-electron chi connectivity index (χ4n) is 6.95. The average molecular weight is 749 g/mol. The highest BCUT2D eigenvalue weighted by Crippen LogP contribution is 2.35. The Balaban J connectivity index is 1.52. The third-order valence-corrected chi connectivity index (χ3v) is 9.64. The van der Waals surface area contributed by atoms with Crippen LogP contribution in [0.2, 0.25) is 0 Å². The zero-order valence-electron chi connectivity index (χ0n) is 31.0. The molecule has 5 heterocycles. The Hall–Kier alpha value is -8.88. The van der Waals surface area contributed by atoms with Crippen LogP contribution in [-0.2, 0) is 0 Å². The van der Waals surface area contributed by atoms with Crippen molar-refractivity contribution in [3.8, 4) is 69.9 Å². The molecule has 2 N–H and O–H groups in total. The van der Waals surface area contributed by atoms with Crippen LogP contribution in [0.25, 0.3) is 79.8 Å². The summed E-state index contributed by atoms with van der Waals surface area (Å²) in [6.07, 6.45) is 7.18. The molecule has 0 radical (unpaired) electrons. The molecule has 0 atom stereocenters. The van der Waals surface area contributed by atoms with Gasteiger partial charge >= 0.3 is 0 Å². The minimum Gasteiger partial charge on any atom is -0.497 e. The maximum absolute atomic E-state index is 10.2. The van der Waals surface area contributed by atoms with Crippen molar-refractivity contribution in [2.45, 2.75) is 0 Å². The number of ether oxygens (including phenoxy) is 2. The van der Waals surface area contributed by atoms with Gasteiger partial charge < -0.3 is 19.4 Å². The van der Waals surface area contributed by atoms with Crippen LogP contribution in [0.1, 0.15) is 33.9 Å². The summed E-state index contributed by atoms with van der Waals surface area (Å²) < 4.78 is 11.2. The first kappa shape index (κ1) is 36.1. The molecule has 272 valence electrons. The number of fused-ring (bicyclic) bond motifs is 8. The van der Waals surface area contributed by atoms with Crippen molar-refractivity contribution in [1.29, 1.82) is 21.0 Å². The molecule has 0 unspecified atom stereocenters. The van der Waals surface area contributed by atoms with E-state index in [1.807, 2.05) is 91.0 Å². The van der Waals surface area contributed by atoms with Gasteiger partial charge in [0, 0.05) is 39.4 Å². The standard InChI is InChI=1S/C48H28N8O2/c1-57-35-22-32(23-36(24-35)58-2)46-39-16-20-43(55-39)47(33(25-49)26-50)41-18-14-37(53-41)45(31-12-10-30(11-13-31)9-8-29-6-4-3-5-7-29)38-15-19-42(54-38)48(34(27-51)28-52)44-21-17-40(46)56-44/h3-7,10-24,53,56H,1-2H3. The lowest BCUT2D eigenvalue weighted by Gasteiger charge is -2.10. The Morgan fingerprint density at radius 3 is 1.38 bits per heavy atom. The number of methoxy groups -OCH3 is 2. The summed E-state index contributed by atoms with van der Waals surface area (Å²) in [6.45, 7) is 0. The summed E-state index contributed by atoms with van der Waals surface area (Å²) in [5.41, 5.74) is 8.31. The molecule has 58 heavy (non-hydrogen) atoms. The first-order valence-corrected chi connectivity index (χ1v) is 17.9. The van der Waals surface area contributed by atoms with Gasteiger partial charge in [0.15, 0.2) is 0 Å². The number of aromatic amines is 2. The van der Waals surface area contributed by atoms with Crippen LogP contribution < -0.4 is 19.9 Å². The second-order valence-corrected chi connectivity index (χ2v) is 13.0. The Morgan fingerprint density at radius 2 is 0.914 bits per heavy atom. The SMILES string of the molecule is COc1cc(OC)cc(-c2c3nc(c(=C(C#N)C#N)c4ccc([nH]4)c(-c4ccc(C#Cc5ccccc5)cc4)c4nc(c(=C(C#N)C#N)c5ccc2[nH]5)C=C4)C=C3)c1. The summed E-state index contributed by atoms with van der Waals surface area (Å²) in [7, 11) is 3.12. The van der Waals surface area contributed by atoms with Gasteiger partial charge in [0.1, 0.15) is 46.9 Å². The molecule has 0 fully saturated rings. The predicted octanol–water partition coefficient (Wildman–Crippen LogP) is 7.80. The van der Waals surface area contributed by atoms with Crippen LogP contribution in [-0.4, -0.2) is 34.2 Å². The monoisotopic (exact) mass is 748 g/mol. The smallest absolute Gasteiger partial charge is 0.141 e. The molecule has 2 aliphatic rings. The molecule has 0 aliphatic carbocycles. The Kier molecular flexibility index (Phi) is 9.63. The topological polar surface area (TPSA) is 171 Å². The van der Waals surface area contributed by atoms with Crippen molar-refractivity contribution in [3.05, 3.63) is 141 Å². The third kappa shape index (κ3) is 6.72. The van der Waals surface area contributed by atoms with E-state index in [0.717, 1.165) is 16.7 Å². The molecule has 0 spiro atoms. The van der Waals surface area contributed by atoms with E-state index in [1.165, 1.54) is 0 Å². The van der Waals surface area contributed by atoms with Crippen molar-refractivity contribution in [1.82, 2.24) is 19.9 Å². The number of rotatable bonds is 4. The summed E-state index contributed by atoms with van der Waals surface area (Å²) in [5, 5.41) is 41.6. The highest BCUT2D eigenvalue weighted by molar-refractivity contribution is 5.95. The van der Waals surface area contributed by atoms with Gasteiger partial charge in [-0.3, -0.25) is 0 Å². The van der Waals surface area contributed by atoms with Crippen LogP contribution in [0.3, 0.4) is 0 Å². The number of hydrogen-bond donors (Lipinski definition) is 2. The van der Waals surface area contributed by atoms with E-state index in [9.17, 15) is 21.0 Å².